The van der Waals surface area contributed by atoms with Crippen LogP contribution in [0.25, 0.3) is 11.5 Å². The van der Waals surface area contributed by atoms with Gasteiger partial charge in [-0.15, -0.1) is 5.10 Å². The van der Waals surface area contributed by atoms with Crippen LogP contribution in [0, 0.1) is 0 Å². The van der Waals surface area contributed by atoms with E-state index in [1.807, 2.05) is 36.4 Å². The van der Waals surface area contributed by atoms with Gasteiger partial charge in [-0.05, 0) is 49.3 Å². The van der Waals surface area contributed by atoms with E-state index in [9.17, 15) is 9.59 Å². The first kappa shape index (κ1) is 28.5. The minimum atomic E-state index is -1.04. The fourth-order valence-corrected chi connectivity index (χ4v) is 7.12. The zero-order valence-electron chi connectivity index (χ0n) is 24.1. The van der Waals surface area contributed by atoms with Gasteiger partial charge < -0.3 is 24.4 Å². The highest BCUT2D eigenvalue weighted by atomic mass is 35.5. The molecule has 2 saturated heterocycles. The molecule has 3 atom stereocenters. The Balaban J connectivity index is 1.15. The average Bonchev–Trinajstić information content (AvgIpc) is 3.52. The molecule has 10 nitrogen and oxygen atoms in total. The van der Waals surface area contributed by atoms with Gasteiger partial charge in [-0.2, -0.15) is 4.68 Å². The first-order valence-corrected chi connectivity index (χ1v) is 15.4. The monoisotopic (exact) mass is 616 g/mol. The Kier molecular flexibility index (Phi) is 7.78. The van der Waals surface area contributed by atoms with Gasteiger partial charge in [0.05, 0.1) is 16.6 Å². The van der Waals surface area contributed by atoms with Gasteiger partial charge >= 0.3 is 11.8 Å². The van der Waals surface area contributed by atoms with Gasteiger partial charge in [0.25, 0.3) is 5.89 Å². The molecule has 44 heavy (non-hydrogen) atoms. The number of nitrogens with two attached hydrogens (primary N) is 1. The number of nitrogens with zero attached hydrogens (tertiary/aromatic N) is 3. The van der Waals surface area contributed by atoms with E-state index < -0.39 is 11.8 Å². The summed E-state index contributed by atoms with van der Waals surface area (Å²) >= 11 is 6.53. The summed E-state index contributed by atoms with van der Waals surface area (Å²) in [5.74, 6) is -0.208. The molecule has 0 saturated carbocycles. The number of benzene rings is 3. The molecule has 0 spiro atoms. The largest absolute Gasteiger partial charge is 0.482 e. The SMILES string of the molecule is NC(=O)Oc1c(Cl)cc(-c2nn(C3CC4CCC(C3)N4CCc3ccccc3)c(=O)o2)c2c1OCC(Cc1ccccc1)O2. The summed E-state index contributed by atoms with van der Waals surface area (Å²) in [6, 6.07) is 22.6. The third-order valence-corrected chi connectivity index (χ3v) is 9.14. The predicted molar refractivity (Wildman–Crippen MR) is 163 cm³/mol. The maximum absolute atomic E-state index is 13.2. The van der Waals surface area contributed by atoms with E-state index >= 15 is 0 Å². The van der Waals surface area contributed by atoms with Crippen molar-refractivity contribution >= 4 is 17.7 Å². The van der Waals surface area contributed by atoms with Crippen molar-refractivity contribution < 1.29 is 23.4 Å². The Morgan fingerprint density at radius 1 is 0.977 bits per heavy atom. The number of hydrogen-bond donors (Lipinski definition) is 1. The number of aromatic nitrogens is 2. The molecule has 2 fully saturated rings. The van der Waals surface area contributed by atoms with Gasteiger partial charge in [0.15, 0.2) is 11.5 Å². The van der Waals surface area contributed by atoms with E-state index in [1.165, 1.54) is 16.3 Å². The molecule has 228 valence electrons. The molecular weight excluding hydrogens is 584 g/mol. The minimum absolute atomic E-state index is 0.0460. The Bertz CT molecular complexity index is 1690. The van der Waals surface area contributed by atoms with Crippen LogP contribution in [0.2, 0.25) is 5.02 Å². The number of fused-ring (bicyclic) bond motifs is 3. The lowest BCUT2D eigenvalue weighted by Crippen LogP contribution is -2.45. The summed E-state index contributed by atoms with van der Waals surface area (Å²) in [5, 5.41) is 4.71. The van der Waals surface area contributed by atoms with E-state index in [-0.39, 0.29) is 46.9 Å². The van der Waals surface area contributed by atoms with Crippen molar-refractivity contribution in [2.45, 2.75) is 62.8 Å². The lowest BCUT2D eigenvalue weighted by Gasteiger charge is -2.38. The molecule has 3 aliphatic rings. The Labute approximate surface area is 259 Å². The second-order valence-electron chi connectivity index (χ2n) is 11.7. The highest BCUT2D eigenvalue weighted by Gasteiger charge is 2.42. The highest BCUT2D eigenvalue weighted by Crippen LogP contribution is 2.51. The molecule has 4 heterocycles. The Hall–Kier alpha value is -4.28. The van der Waals surface area contributed by atoms with Crippen LogP contribution >= 0.6 is 11.6 Å². The maximum atomic E-state index is 13.2. The summed E-state index contributed by atoms with van der Waals surface area (Å²) in [4.78, 5) is 27.5. The van der Waals surface area contributed by atoms with E-state index in [0.717, 1.165) is 44.2 Å². The molecule has 3 aromatic carbocycles. The van der Waals surface area contributed by atoms with Crippen molar-refractivity contribution in [3.8, 4) is 28.7 Å². The first-order chi connectivity index (χ1) is 21.4. The third-order valence-electron chi connectivity index (χ3n) is 8.86. The van der Waals surface area contributed by atoms with Crippen LogP contribution in [-0.4, -0.2) is 52.1 Å². The number of hydrogen-bond acceptors (Lipinski definition) is 8. The van der Waals surface area contributed by atoms with Crippen LogP contribution in [0.5, 0.6) is 17.2 Å². The first-order valence-electron chi connectivity index (χ1n) is 15.0. The van der Waals surface area contributed by atoms with Crippen molar-refractivity contribution in [1.29, 1.82) is 0 Å². The van der Waals surface area contributed by atoms with Gasteiger partial charge in [0.1, 0.15) is 12.7 Å². The second-order valence-corrected chi connectivity index (χ2v) is 12.1. The lowest BCUT2D eigenvalue weighted by atomic mass is 9.97. The van der Waals surface area contributed by atoms with E-state index in [1.54, 1.807) is 0 Å². The van der Waals surface area contributed by atoms with Crippen molar-refractivity contribution in [3.63, 3.8) is 0 Å². The number of carbonyl (C=O) groups excluding carboxylic acids is 1. The van der Waals surface area contributed by atoms with Crippen molar-refractivity contribution in [3.05, 3.63) is 93.4 Å². The molecule has 0 radical (unpaired) electrons. The number of halogens is 1. The molecule has 2 N–H and O–H groups in total. The van der Waals surface area contributed by atoms with Crippen LogP contribution in [0.3, 0.4) is 0 Å². The van der Waals surface area contributed by atoms with Crippen molar-refractivity contribution in [1.82, 2.24) is 14.7 Å². The molecule has 7 rings (SSSR count). The summed E-state index contributed by atoms with van der Waals surface area (Å²) in [5.41, 5.74) is 8.03. The number of ether oxygens (including phenoxy) is 3. The maximum Gasteiger partial charge on any atom is 0.437 e. The standard InChI is InChI=1S/C33H33ClN4O6/c34-27-18-26(28-30(29(27)43-32(35)39)41-19-25(42-28)15-21-9-5-2-6-10-21)31-36-38(33(40)44-31)24-16-22-11-12-23(17-24)37(22)14-13-20-7-3-1-4-8-20/h1-10,18,22-25H,11-17,19H2,(H2,35,39). The molecule has 1 aromatic heterocycles. The summed E-state index contributed by atoms with van der Waals surface area (Å²) in [7, 11) is 0. The van der Waals surface area contributed by atoms with Gasteiger partial charge in [-0.25, -0.2) is 9.59 Å². The molecule has 0 aliphatic carbocycles. The smallest absolute Gasteiger partial charge is 0.437 e. The van der Waals surface area contributed by atoms with Crippen LogP contribution in [-0.2, 0) is 12.8 Å². The van der Waals surface area contributed by atoms with Gasteiger partial charge in [-0.1, -0.05) is 72.3 Å². The number of rotatable bonds is 8. The highest BCUT2D eigenvalue weighted by molar-refractivity contribution is 6.33. The second kappa shape index (κ2) is 12.0. The van der Waals surface area contributed by atoms with Crippen LogP contribution in [0.1, 0.15) is 42.9 Å². The number of amides is 1. The van der Waals surface area contributed by atoms with Crippen LogP contribution in [0.15, 0.2) is 75.9 Å². The van der Waals surface area contributed by atoms with E-state index in [0.29, 0.717) is 24.1 Å². The van der Waals surface area contributed by atoms with Crippen LogP contribution in [0.4, 0.5) is 4.79 Å². The third kappa shape index (κ3) is 5.67. The zero-order valence-corrected chi connectivity index (χ0v) is 24.8. The molecule has 3 aliphatic heterocycles. The molecule has 4 aromatic rings. The molecular formula is C33H33ClN4O6. The predicted octanol–water partition coefficient (Wildman–Crippen LogP) is 5.41. The number of carbonyl (C=O) groups is 1. The Morgan fingerprint density at radius 3 is 2.34 bits per heavy atom. The average molecular weight is 617 g/mol. The topological polar surface area (TPSA) is 122 Å². The molecule has 11 heteroatoms. The molecule has 1 amide bonds. The lowest BCUT2D eigenvalue weighted by molar-refractivity contribution is 0.0888. The van der Waals surface area contributed by atoms with Crippen molar-refractivity contribution in [2.75, 3.05) is 13.2 Å². The molecule has 2 bridgehead atoms. The van der Waals surface area contributed by atoms with Gasteiger partial charge in [0, 0.05) is 25.0 Å². The molecule has 3 unspecified atom stereocenters. The quantitative estimate of drug-likeness (QED) is 0.279. The summed E-state index contributed by atoms with van der Waals surface area (Å²) < 4.78 is 24.8. The van der Waals surface area contributed by atoms with E-state index in [4.69, 9.17) is 36.0 Å². The zero-order chi connectivity index (χ0) is 30.2. The van der Waals surface area contributed by atoms with Gasteiger partial charge in [-0.3, -0.25) is 4.90 Å². The minimum Gasteiger partial charge on any atom is -0.482 e. The van der Waals surface area contributed by atoms with Gasteiger partial charge in [0.2, 0.25) is 5.75 Å². The van der Waals surface area contributed by atoms with Crippen molar-refractivity contribution in [2.24, 2.45) is 5.73 Å². The van der Waals surface area contributed by atoms with E-state index in [2.05, 4.69) is 34.3 Å². The Morgan fingerprint density at radius 2 is 1.66 bits per heavy atom. The normalized spacial score (nSPS) is 22.6. The fraction of sp³-hybridized carbons (Fsp3) is 0.364. The van der Waals surface area contributed by atoms with Crippen LogP contribution < -0.4 is 25.7 Å². The number of primary amides is 1. The summed E-state index contributed by atoms with van der Waals surface area (Å²) in [6.07, 6.45) is 4.01. The number of piperidine rings is 1. The fourth-order valence-electron chi connectivity index (χ4n) is 6.89. The summed E-state index contributed by atoms with van der Waals surface area (Å²) in [6.45, 7) is 1.18.